The van der Waals surface area contributed by atoms with Gasteiger partial charge in [-0.15, -0.1) is 0 Å². The standard InChI is InChI=1S/C17H24N6O3S/c1-8-13(16(26)20-5-12-18-3-4-19-12)10-6-23(17-21-9(2)22-27-17)7-11(10)15(25)14(8)24/h3-4,8,10-11,13-15,24-25H,5-7H2,1-2H3,(H,18,19)(H,20,26)/t8-,10+,11+,13+,14+,15+/m1/s1. The number of H-pyrrole nitrogens is 1. The molecule has 2 aromatic heterocycles. The summed E-state index contributed by atoms with van der Waals surface area (Å²) in [6.07, 6.45) is 1.57. The number of anilines is 1. The summed E-state index contributed by atoms with van der Waals surface area (Å²) < 4.78 is 4.23. The Labute approximate surface area is 161 Å². The average Bonchev–Trinajstić information content (AvgIpc) is 3.38. The van der Waals surface area contributed by atoms with Crippen molar-refractivity contribution in [2.24, 2.45) is 23.7 Å². The van der Waals surface area contributed by atoms with Crippen LogP contribution in [0, 0.1) is 30.6 Å². The van der Waals surface area contributed by atoms with Crippen molar-refractivity contribution in [3.8, 4) is 0 Å². The number of aromatic nitrogens is 4. The molecule has 146 valence electrons. The Morgan fingerprint density at radius 3 is 2.81 bits per heavy atom. The van der Waals surface area contributed by atoms with Gasteiger partial charge in [0.25, 0.3) is 0 Å². The molecule has 1 amide bonds. The molecular weight excluding hydrogens is 368 g/mol. The molecular formula is C17H24N6O3S. The van der Waals surface area contributed by atoms with Crippen LogP contribution in [0.5, 0.6) is 0 Å². The number of aliphatic hydroxyl groups is 2. The molecule has 0 aromatic carbocycles. The molecule has 27 heavy (non-hydrogen) atoms. The van der Waals surface area contributed by atoms with Gasteiger partial charge in [0.15, 0.2) is 0 Å². The number of amides is 1. The van der Waals surface area contributed by atoms with Crippen LogP contribution >= 0.6 is 11.5 Å². The zero-order valence-corrected chi connectivity index (χ0v) is 16.1. The van der Waals surface area contributed by atoms with Crippen LogP contribution in [-0.4, -0.2) is 60.7 Å². The number of hydrogen-bond acceptors (Lipinski definition) is 8. The van der Waals surface area contributed by atoms with Gasteiger partial charge >= 0.3 is 0 Å². The fourth-order valence-electron chi connectivity index (χ4n) is 4.45. The molecule has 0 radical (unpaired) electrons. The second-order valence-corrected chi connectivity index (χ2v) is 8.21. The van der Waals surface area contributed by atoms with E-state index in [4.69, 9.17) is 0 Å². The molecule has 6 atom stereocenters. The van der Waals surface area contributed by atoms with Crippen molar-refractivity contribution in [1.29, 1.82) is 0 Å². The smallest absolute Gasteiger partial charge is 0.224 e. The summed E-state index contributed by atoms with van der Waals surface area (Å²) in [5.74, 6) is 0.318. The minimum absolute atomic E-state index is 0.0563. The average molecular weight is 392 g/mol. The molecule has 1 aliphatic heterocycles. The lowest BCUT2D eigenvalue weighted by Crippen LogP contribution is -2.55. The third kappa shape index (κ3) is 3.32. The number of hydrogen-bond donors (Lipinski definition) is 4. The van der Waals surface area contributed by atoms with Gasteiger partial charge in [-0.3, -0.25) is 4.79 Å². The van der Waals surface area contributed by atoms with Gasteiger partial charge in [0, 0.05) is 48.9 Å². The predicted octanol–water partition coefficient (Wildman–Crippen LogP) is -0.0739. The summed E-state index contributed by atoms with van der Waals surface area (Å²) in [6, 6.07) is 0. The number of imidazole rings is 1. The van der Waals surface area contributed by atoms with Gasteiger partial charge in [-0.2, -0.15) is 4.37 Å². The van der Waals surface area contributed by atoms with E-state index in [0.717, 1.165) is 5.13 Å². The highest BCUT2D eigenvalue weighted by atomic mass is 32.1. The van der Waals surface area contributed by atoms with Crippen LogP contribution in [0.25, 0.3) is 0 Å². The maximum absolute atomic E-state index is 13.0. The summed E-state index contributed by atoms with van der Waals surface area (Å²) in [7, 11) is 0. The van der Waals surface area contributed by atoms with E-state index >= 15 is 0 Å². The van der Waals surface area contributed by atoms with Crippen molar-refractivity contribution in [2.75, 3.05) is 18.0 Å². The number of aromatic amines is 1. The largest absolute Gasteiger partial charge is 0.390 e. The van der Waals surface area contributed by atoms with E-state index in [-0.39, 0.29) is 29.6 Å². The van der Waals surface area contributed by atoms with Crippen LogP contribution in [0.4, 0.5) is 5.13 Å². The number of carbonyl (C=O) groups excluding carboxylic acids is 1. The minimum Gasteiger partial charge on any atom is -0.390 e. The molecule has 2 aliphatic rings. The number of rotatable bonds is 4. The molecule has 1 aliphatic carbocycles. The van der Waals surface area contributed by atoms with Crippen molar-refractivity contribution in [3.63, 3.8) is 0 Å². The molecule has 9 nitrogen and oxygen atoms in total. The van der Waals surface area contributed by atoms with Crippen LogP contribution in [0.3, 0.4) is 0 Å². The van der Waals surface area contributed by atoms with Crippen molar-refractivity contribution in [3.05, 3.63) is 24.0 Å². The summed E-state index contributed by atoms with van der Waals surface area (Å²) in [6.45, 7) is 5.16. The van der Waals surface area contributed by atoms with E-state index in [1.54, 1.807) is 12.4 Å². The molecule has 0 bridgehead atoms. The van der Waals surface area contributed by atoms with Gasteiger partial charge in [0.05, 0.1) is 18.8 Å². The Kier molecular flexibility index (Phi) is 4.87. The van der Waals surface area contributed by atoms with E-state index in [1.807, 2.05) is 13.8 Å². The highest BCUT2D eigenvalue weighted by molar-refractivity contribution is 7.09. The van der Waals surface area contributed by atoms with Crippen molar-refractivity contribution in [1.82, 2.24) is 24.6 Å². The van der Waals surface area contributed by atoms with Crippen LogP contribution in [0.2, 0.25) is 0 Å². The van der Waals surface area contributed by atoms with Gasteiger partial charge in [-0.25, -0.2) is 9.97 Å². The summed E-state index contributed by atoms with van der Waals surface area (Å²) in [4.78, 5) is 26.5. The van der Waals surface area contributed by atoms with Gasteiger partial charge < -0.3 is 25.4 Å². The number of nitrogens with one attached hydrogen (secondary N) is 2. The SMILES string of the molecule is Cc1nsc(N2C[C@@H]3[C@H](O)[C@@H](O)[C@H](C)[C@H](C(=O)NCc4ncc[nH]4)[C@H]3C2)n1. The molecule has 3 heterocycles. The second-order valence-electron chi connectivity index (χ2n) is 7.48. The lowest BCUT2D eigenvalue weighted by molar-refractivity contribution is -0.146. The van der Waals surface area contributed by atoms with Crippen LogP contribution in [0.15, 0.2) is 12.4 Å². The maximum atomic E-state index is 13.0. The van der Waals surface area contributed by atoms with Gasteiger partial charge in [0.2, 0.25) is 11.0 Å². The normalized spacial score (nSPS) is 33.1. The highest BCUT2D eigenvalue weighted by Crippen LogP contribution is 2.44. The van der Waals surface area contributed by atoms with Crippen molar-refractivity contribution >= 4 is 22.6 Å². The third-order valence-corrected chi connectivity index (χ3v) is 6.71. The Morgan fingerprint density at radius 2 is 2.15 bits per heavy atom. The Balaban J connectivity index is 1.53. The van der Waals surface area contributed by atoms with Crippen LogP contribution in [-0.2, 0) is 11.3 Å². The van der Waals surface area contributed by atoms with Crippen LogP contribution in [0.1, 0.15) is 18.6 Å². The molecule has 0 unspecified atom stereocenters. The van der Waals surface area contributed by atoms with E-state index < -0.39 is 12.2 Å². The van der Waals surface area contributed by atoms with E-state index in [9.17, 15) is 15.0 Å². The van der Waals surface area contributed by atoms with Gasteiger partial charge in [-0.1, -0.05) is 6.92 Å². The number of aryl methyl sites for hydroxylation is 1. The van der Waals surface area contributed by atoms with E-state index in [0.29, 0.717) is 31.3 Å². The minimum atomic E-state index is -0.929. The molecule has 2 aromatic rings. The lowest BCUT2D eigenvalue weighted by atomic mass is 9.65. The summed E-state index contributed by atoms with van der Waals surface area (Å²) in [5.41, 5.74) is 0. The predicted molar refractivity (Wildman–Crippen MR) is 98.9 cm³/mol. The van der Waals surface area contributed by atoms with Crippen LogP contribution < -0.4 is 10.2 Å². The Hall–Kier alpha value is -2.04. The first kappa shape index (κ1) is 18.3. The number of aliphatic hydroxyl groups excluding tert-OH is 2. The lowest BCUT2D eigenvalue weighted by Gasteiger charge is -2.43. The number of fused-ring (bicyclic) bond motifs is 1. The fourth-order valence-corrected chi connectivity index (χ4v) is 5.14. The zero-order valence-electron chi connectivity index (χ0n) is 15.2. The monoisotopic (exact) mass is 392 g/mol. The maximum Gasteiger partial charge on any atom is 0.224 e. The van der Waals surface area contributed by atoms with E-state index in [1.165, 1.54) is 11.5 Å². The fraction of sp³-hybridized carbons (Fsp3) is 0.647. The first-order valence-corrected chi connectivity index (χ1v) is 9.90. The van der Waals surface area contributed by atoms with Crippen molar-refractivity contribution in [2.45, 2.75) is 32.6 Å². The molecule has 4 rings (SSSR count). The van der Waals surface area contributed by atoms with Gasteiger partial charge in [-0.05, 0) is 18.8 Å². The highest BCUT2D eigenvalue weighted by Gasteiger charge is 2.54. The molecule has 4 N–H and O–H groups in total. The van der Waals surface area contributed by atoms with Gasteiger partial charge in [0.1, 0.15) is 11.6 Å². The Morgan fingerprint density at radius 1 is 1.37 bits per heavy atom. The number of carbonyl (C=O) groups is 1. The molecule has 0 spiro atoms. The number of nitrogens with zero attached hydrogens (tertiary/aromatic N) is 4. The first-order valence-electron chi connectivity index (χ1n) is 9.13. The molecule has 10 heteroatoms. The van der Waals surface area contributed by atoms with E-state index in [2.05, 4.69) is 29.5 Å². The topological polar surface area (TPSA) is 127 Å². The molecule has 1 saturated carbocycles. The molecule has 1 saturated heterocycles. The quantitative estimate of drug-likeness (QED) is 0.573. The molecule has 2 fully saturated rings. The van der Waals surface area contributed by atoms with Crippen molar-refractivity contribution < 1.29 is 15.0 Å². The second kappa shape index (κ2) is 7.17. The summed E-state index contributed by atoms with van der Waals surface area (Å²) >= 11 is 1.32. The summed E-state index contributed by atoms with van der Waals surface area (Å²) in [5, 5.41) is 24.9. The third-order valence-electron chi connectivity index (χ3n) is 5.84. The first-order chi connectivity index (χ1) is 13.0. The zero-order chi connectivity index (χ0) is 19.1. The Bertz CT molecular complexity index is 796.